The molecule has 0 rings (SSSR count). The molecule has 0 saturated carbocycles. The van der Waals surface area contributed by atoms with E-state index in [1.54, 1.807) is 0 Å². The summed E-state index contributed by atoms with van der Waals surface area (Å²) in [5.74, 6) is 0. The van der Waals surface area contributed by atoms with Crippen molar-refractivity contribution in [3.8, 4) is 0 Å². The van der Waals surface area contributed by atoms with E-state index in [9.17, 15) is 0 Å². The summed E-state index contributed by atoms with van der Waals surface area (Å²) in [6, 6.07) is 0. The molecule has 0 spiro atoms. The van der Waals surface area contributed by atoms with E-state index in [0.717, 1.165) is 0 Å². The molecular formula is H2O6P2Pd. The molecule has 0 saturated heterocycles. The third-order valence-electron chi connectivity index (χ3n) is 0. The Morgan fingerprint density at radius 1 is 0.778 bits per heavy atom. The van der Waals surface area contributed by atoms with Gasteiger partial charge in [-0.3, -0.25) is 0 Å². The molecule has 0 aliphatic heterocycles. The van der Waals surface area contributed by atoms with Crippen LogP contribution in [-0.4, -0.2) is 0 Å². The summed E-state index contributed by atoms with van der Waals surface area (Å²) in [4.78, 5) is 34.1. The molecular weight excluding hydrogens is 264 g/mol. The summed E-state index contributed by atoms with van der Waals surface area (Å²) in [5, 5.41) is 0. The fourth-order valence-electron chi connectivity index (χ4n) is 0. The summed E-state index contributed by atoms with van der Waals surface area (Å²) < 4.78 is 17.0. The zero-order chi connectivity index (χ0) is 7.15. The predicted molar refractivity (Wildman–Crippen MR) is 18.0 cm³/mol. The van der Waals surface area contributed by atoms with E-state index in [2.05, 4.69) is 0 Å². The average Bonchev–Trinajstić information content (AvgIpc) is 1.25. The quantitative estimate of drug-likeness (QED) is 0.327. The van der Waals surface area contributed by atoms with Crippen LogP contribution >= 0.6 is 16.5 Å². The summed E-state index contributed by atoms with van der Waals surface area (Å²) in [7, 11) is -7.26. The van der Waals surface area contributed by atoms with E-state index in [1.807, 2.05) is 0 Å². The standard InChI is InChI=1S/2H3O3P.Pd/c2*1-4(2)3;/h2*4H,(H2,1,2,3);/q;;+4/p-4. The van der Waals surface area contributed by atoms with Crippen molar-refractivity contribution in [2.24, 2.45) is 0 Å². The molecule has 9 heavy (non-hydrogen) atoms. The van der Waals surface area contributed by atoms with Crippen LogP contribution in [0.1, 0.15) is 0 Å². The fourth-order valence-corrected chi connectivity index (χ4v) is 0. The minimum absolute atomic E-state index is 0. The van der Waals surface area contributed by atoms with Crippen LogP contribution in [0, 0.1) is 0 Å². The second kappa shape index (κ2) is 11.7. The van der Waals surface area contributed by atoms with Crippen molar-refractivity contribution in [2.75, 3.05) is 0 Å². The molecule has 0 aliphatic rings. The monoisotopic (exact) mass is 266 g/mol. The van der Waals surface area contributed by atoms with E-state index in [-0.39, 0.29) is 20.4 Å². The Balaban J connectivity index is -0.0000000720. The van der Waals surface area contributed by atoms with Gasteiger partial charge in [-0.1, -0.05) is 16.5 Å². The van der Waals surface area contributed by atoms with Crippen molar-refractivity contribution in [3.05, 3.63) is 0 Å². The molecule has 0 amide bonds. The van der Waals surface area contributed by atoms with Gasteiger partial charge in [-0.25, -0.2) is 0 Å². The van der Waals surface area contributed by atoms with Crippen molar-refractivity contribution in [1.29, 1.82) is 0 Å². The van der Waals surface area contributed by atoms with Crippen LogP contribution in [0.25, 0.3) is 0 Å². The smallest absolute Gasteiger partial charge is 0.813 e. The van der Waals surface area contributed by atoms with E-state index in [0.29, 0.717) is 0 Å². The Morgan fingerprint density at radius 3 is 0.778 bits per heavy atom. The SMILES string of the molecule is O=[PH]([O-])[O-].O=[PH]([O-])[O-].[Pd+4]. The molecule has 0 atom stereocenters. The van der Waals surface area contributed by atoms with Crippen molar-refractivity contribution >= 4 is 16.5 Å². The number of rotatable bonds is 0. The third kappa shape index (κ3) is 469. The summed E-state index contributed by atoms with van der Waals surface area (Å²) >= 11 is 0. The van der Waals surface area contributed by atoms with Crippen LogP contribution in [0.3, 0.4) is 0 Å². The van der Waals surface area contributed by atoms with Crippen molar-refractivity contribution in [1.82, 2.24) is 0 Å². The maximum Gasteiger partial charge on any atom is 4.00 e. The fraction of sp³-hybridized carbons (Fsp3) is 0. The van der Waals surface area contributed by atoms with Crippen LogP contribution < -0.4 is 19.6 Å². The van der Waals surface area contributed by atoms with Gasteiger partial charge in [-0.2, -0.15) is 0 Å². The average molecular weight is 266 g/mol. The van der Waals surface area contributed by atoms with Gasteiger partial charge in [-0.05, 0) is 0 Å². The third-order valence-corrected chi connectivity index (χ3v) is 0. The largest absolute Gasteiger partial charge is 4.00 e. The van der Waals surface area contributed by atoms with Gasteiger partial charge >= 0.3 is 20.4 Å². The second-order valence-corrected chi connectivity index (χ2v) is 1.50. The van der Waals surface area contributed by atoms with Crippen LogP contribution in [0.2, 0.25) is 0 Å². The number of hydrogen-bond donors (Lipinski definition) is 0. The minimum Gasteiger partial charge on any atom is -0.813 e. The maximum atomic E-state index is 8.52. The van der Waals surface area contributed by atoms with Crippen molar-refractivity contribution < 1.29 is 49.1 Å². The Labute approximate surface area is 66.1 Å². The van der Waals surface area contributed by atoms with Crippen molar-refractivity contribution in [3.63, 3.8) is 0 Å². The van der Waals surface area contributed by atoms with Gasteiger partial charge in [0.05, 0.1) is 0 Å². The summed E-state index contributed by atoms with van der Waals surface area (Å²) in [5.41, 5.74) is 0. The predicted octanol–water partition coefficient (Wildman–Crippen LogP) is -3.81. The van der Waals surface area contributed by atoms with Gasteiger partial charge < -0.3 is 28.7 Å². The summed E-state index contributed by atoms with van der Waals surface area (Å²) in [6.07, 6.45) is 0. The Bertz CT molecular complexity index is 69.1. The minimum atomic E-state index is -3.63. The van der Waals surface area contributed by atoms with E-state index < -0.39 is 16.5 Å². The molecule has 58 valence electrons. The molecule has 6 nitrogen and oxygen atoms in total. The molecule has 0 radical (unpaired) electrons. The molecule has 0 N–H and O–H groups in total. The van der Waals surface area contributed by atoms with Gasteiger partial charge in [0.15, 0.2) is 0 Å². The van der Waals surface area contributed by atoms with E-state index >= 15 is 0 Å². The number of hydrogen-bond acceptors (Lipinski definition) is 6. The molecule has 0 bridgehead atoms. The first-order valence-electron chi connectivity index (χ1n) is 1.22. The second-order valence-electron chi connectivity index (χ2n) is 0.500. The van der Waals surface area contributed by atoms with Crippen LogP contribution in [0.15, 0.2) is 0 Å². The van der Waals surface area contributed by atoms with Gasteiger partial charge in [0.25, 0.3) is 0 Å². The zero-order valence-corrected chi connectivity index (χ0v) is 7.32. The molecule has 0 aromatic rings. The molecule has 0 unspecified atom stereocenters. The zero-order valence-electron chi connectivity index (χ0n) is 3.77. The molecule has 0 aromatic heterocycles. The van der Waals surface area contributed by atoms with Crippen LogP contribution in [-0.2, 0) is 29.6 Å². The van der Waals surface area contributed by atoms with E-state index in [1.165, 1.54) is 0 Å². The first-order chi connectivity index (χ1) is 3.46. The van der Waals surface area contributed by atoms with Crippen LogP contribution in [0.4, 0.5) is 0 Å². The Kier molecular flexibility index (Phi) is 21.5. The van der Waals surface area contributed by atoms with Gasteiger partial charge in [0.2, 0.25) is 0 Å². The Hall–Kier alpha value is 0.962. The first kappa shape index (κ1) is 16.5. The molecule has 0 fully saturated rings. The topological polar surface area (TPSA) is 126 Å². The maximum absolute atomic E-state index is 8.52. The van der Waals surface area contributed by atoms with Gasteiger partial charge in [0, 0.05) is 0 Å². The Morgan fingerprint density at radius 2 is 0.778 bits per heavy atom. The van der Waals surface area contributed by atoms with Crippen molar-refractivity contribution in [2.45, 2.75) is 0 Å². The van der Waals surface area contributed by atoms with Crippen LogP contribution in [0.5, 0.6) is 0 Å². The first-order valence-corrected chi connectivity index (χ1v) is 3.67. The molecule has 0 aromatic carbocycles. The molecule has 0 heterocycles. The van der Waals surface area contributed by atoms with Gasteiger partial charge in [-0.15, -0.1) is 0 Å². The van der Waals surface area contributed by atoms with E-state index in [4.69, 9.17) is 28.7 Å². The molecule has 9 heteroatoms. The normalized spacial score (nSPS) is 7.78. The van der Waals surface area contributed by atoms with Gasteiger partial charge in [0.1, 0.15) is 0 Å². The summed E-state index contributed by atoms with van der Waals surface area (Å²) in [6.45, 7) is 0. The molecule has 0 aliphatic carbocycles.